The maximum atomic E-state index is 12.8. The first kappa shape index (κ1) is 26.0. The van der Waals surface area contributed by atoms with E-state index in [1.165, 1.54) is 31.3 Å². The summed E-state index contributed by atoms with van der Waals surface area (Å²) in [6.07, 6.45) is 2.06. The van der Waals surface area contributed by atoms with Crippen LogP contribution in [0.25, 0.3) is 11.1 Å². The molecule has 0 aliphatic rings. The van der Waals surface area contributed by atoms with Gasteiger partial charge in [-0.25, -0.2) is 18.2 Å². The highest BCUT2D eigenvalue weighted by Crippen LogP contribution is 2.27. The van der Waals surface area contributed by atoms with E-state index >= 15 is 0 Å². The van der Waals surface area contributed by atoms with Gasteiger partial charge in [-0.3, -0.25) is 9.59 Å². The lowest BCUT2D eigenvalue weighted by atomic mass is 9.96. The summed E-state index contributed by atoms with van der Waals surface area (Å²) < 4.78 is 24.9. The molecule has 1 aromatic heterocycles. The number of aliphatic carboxylic acids is 1. The largest absolute Gasteiger partial charge is 0.480 e. The van der Waals surface area contributed by atoms with Crippen LogP contribution in [0, 0.1) is 0 Å². The number of carbonyl (C=O) groups is 3. The lowest BCUT2D eigenvalue weighted by molar-refractivity contribution is -0.145. The van der Waals surface area contributed by atoms with Crippen LogP contribution in [0.1, 0.15) is 23.7 Å². The Balaban J connectivity index is 1.76. The van der Waals surface area contributed by atoms with Gasteiger partial charge in [-0.05, 0) is 58.7 Å². The minimum atomic E-state index is -3.47. The maximum Gasteiger partial charge on any atom is 0.329 e. The highest BCUT2D eigenvalue weighted by atomic mass is 79.9. The Bertz CT molecular complexity index is 1380. The second kappa shape index (κ2) is 10.4. The summed E-state index contributed by atoms with van der Waals surface area (Å²) >= 11 is 3.23. The fraction of sp³-hybridized carbons (Fsp3) is 0.167. The molecule has 0 bridgehead atoms. The van der Waals surface area contributed by atoms with Crippen molar-refractivity contribution in [2.24, 2.45) is 0 Å². The van der Waals surface area contributed by atoms with Gasteiger partial charge in [0, 0.05) is 28.1 Å². The van der Waals surface area contributed by atoms with Crippen molar-refractivity contribution in [3.05, 3.63) is 76.9 Å². The zero-order valence-electron chi connectivity index (χ0n) is 18.8. The first-order valence-corrected chi connectivity index (χ1v) is 12.9. The first-order valence-electron chi connectivity index (χ1n) is 10.3. The number of nitrogens with one attached hydrogen (secondary N) is 2. The van der Waals surface area contributed by atoms with E-state index in [0.717, 1.165) is 6.26 Å². The van der Waals surface area contributed by atoms with Gasteiger partial charge >= 0.3 is 5.97 Å². The van der Waals surface area contributed by atoms with Crippen LogP contribution in [-0.4, -0.2) is 48.1 Å². The summed E-state index contributed by atoms with van der Waals surface area (Å²) in [5.74, 6) is -2.49. The number of pyridine rings is 1. The predicted molar refractivity (Wildman–Crippen MR) is 134 cm³/mol. The number of hydrogen-bond acceptors (Lipinski definition) is 6. The minimum Gasteiger partial charge on any atom is -0.480 e. The standard InChI is InChI=1S/C24H22BrN3O6S/c1-24(23(31)32,13-21(29)27-20-12-11-17(25)14-26-20)28-22(30)16-9-7-15(8-10-16)18-5-3-4-6-19(18)35(2,33)34/h3-12,14H,13H2,1-2H3,(H,28,30)(H,31,32)(H,26,27,29). The average Bonchev–Trinajstić information content (AvgIpc) is 2.80. The van der Waals surface area contributed by atoms with E-state index in [9.17, 15) is 27.9 Å². The fourth-order valence-corrected chi connectivity index (χ4v) is 4.43. The van der Waals surface area contributed by atoms with Crippen LogP contribution in [0.3, 0.4) is 0 Å². The predicted octanol–water partition coefficient (Wildman–Crippen LogP) is 3.52. The molecule has 0 spiro atoms. The first-order chi connectivity index (χ1) is 16.4. The van der Waals surface area contributed by atoms with Gasteiger partial charge in [0.2, 0.25) is 5.91 Å². The highest BCUT2D eigenvalue weighted by Gasteiger charge is 2.37. The van der Waals surface area contributed by atoms with Crippen molar-refractivity contribution < 1.29 is 27.9 Å². The summed E-state index contributed by atoms with van der Waals surface area (Å²) in [7, 11) is -3.47. The molecule has 0 saturated heterocycles. The van der Waals surface area contributed by atoms with E-state index in [0.29, 0.717) is 15.6 Å². The summed E-state index contributed by atoms with van der Waals surface area (Å²) in [6.45, 7) is 1.23. The molecule has 11 heteroatoms. The molecule has 35 heavy (non-hydrogen) atoms. The van der Waals surface area contributed by atoms with Crippen molar-refractivity contribution in [2.45, 2.75) is 23.8 Å². The molecular formula is C24H22BrN3O6S. The number of carbonyl (C=O) groups excluding carboxylic acids is 2. The number of aromatic nitrogens is 1. The van der Waals surface area contributed by atoms with Crippen molar-refractivity contribution in [1.82, 2.24) is 10.3 Å². The van der Waals surface area contributed by atoms with Gasteiger partial charge < -0.3 is 15.7 Å². The molecule has 2 aromatic carbocycles. The smallest absolute Gasteiger partial charge is 0.329 e. The lowest BCUT2D eigenvalue weighted by Crippen LogP contribution is -2.54. The van der Waals surface area contributed by atoms with Crippen LogP contribution >= 0.6 is 15.9 Å². The number of hydrogen-bond donors (Lipinski definition) is 3. The van der Waals surface area contributed by atoms with Gasteiger partial charge in [-0.15, -0.1) is 0 Å². The Kier molecular flexibility index (Phi) is 7.71. The monoisotopic (exact) mass is 559 g/mol. The summed E-state index contributed by atoms with van der Waals surface area (Å²) in [5, 5.41) is 14.6. The molecule has 2 amide bonds. The number of carboxylic acids is 1. The van der Waals surface area contributed by atoms with Gasteiger partial charge in [-0.2, -0.15) is 0 Å². The Morgan fingerprint density at radius 3 is 2.26 bits per heavy atom. The molecule has 0 radical (unpaired) electrons. The highest BCUT2D eigenvalue weighted by molar-refractivity contribution is 9.10. The van der Waals surface area contributed by atoms with Crippen LogP contribution in [-0.2, 0) is 19.4 Å². The Hall–Kier alpha value is -3.57. The quantitative estimate of drug-likeness (QED) is 0.383. The van der Waals surface area contributed by atoms with E-state index in [2.05, 4.69) is 31.5 Å². The van der Waals surface area contributed by atoms with E-state index in [1.54, 1.807) is 42.5 Å². The molecule has 0 saturated carbocycles. The molecule has 3 N–H and O–H groups in total. The Morgan fingerprint density at radius 2 is 1.69 bits per heavy atom. The van der Waals surface area contributed by atoms with E-state index in [-0.39, 0.29) is 16.3 Å². The van der Waals surface area contributed by atoms with Crippen LogP contribution < -0.4 is 10.6 Å². The molecule has 1 atom stereocenters. The zero-order valence-corrected chi connectivity index (χ0v) is 21.2. The van der Waals surface area contributed by atoms with Gasteiger partial charge in [0.25, 0.3) is 5.91 Å². The topological polar surface area (TPSA) is 143 Å². The lowest BCUT2D eigenvalue weighted by Gasteiger charge is -2.25. The van der Waals surface area contributed by atoms with Crippen molar-refractivity contribution in [1.29, 1.82) is 0 Å². The Labute approximate surface area is 210 Å². The summed E-state index contributed by atoms with van der Waals surface area (Å²) in [6, 6.07) is 15.8. The van der Waals surface area contributed by atoms with Crippen molar-refractivity contribution >= 4 is 49.4 Å². The molecule has 0 aliphatic heterocycles. The number of carboxylic acid groups (broad SMARTS) is 1. The molecular weight excluding hydrogens is 538 g/mol. The molecule has 9 nitrogen and oxygen atoms in total. The fourth-order valence-electron chi connectivity index (χ4n) is 3.28. The van der Waals surface area contributed by atoms with Crippen LogP contribution in [0.15, 0.2) is 76.2 Å². The molecule has 1 heterocycles. The molecule has 3 aromatic rings. The van der Waals surface area contributed by atoms with Crippen molar-refractivity contribution in [3.63, 3.8) is 0 Å². The molecule has 182 valence electrons. The number of sulfone groups is 1. The van der Waals surface area contributed by atoms with Gasteiger partial charge in [0.05, 0.1) is 11.3 Å². The number of halogens is 1. The second-order valence-electron chi connectivity index (χ2n) is 8.02. The van der Waals surface area contributed by atoms with Gasteiger partial charge in [0.1, 0.15) is 11.4 Å². The minimum absolute atomic E-state index is 0.146. The third-order valence-corrected chi connectivity index (χ3v) is 6.74. The Morgan fingerprint density at radius 1 is 1.03 bits per heavy atom. The van der Waals surface area contributed by atoms with Crippen LogP contribution in [0.2, 0.25) is 0 Å². The number of benzene rings is 2. The average molecular weight is 560 g/mol. The zero-order chi connectivity index (χ0) is 25.8. The summed E-state index contributed by atoms with van der Waals surface area (Å²) in [4.78, 5) is 41.3. The summed E-state index contributed by atoms with van der Waals surface area (Å²) in [5.41, 5.74) is -0.688. The third-order valence-electron chi connectivity index (χ3n) is 5.12. The number of rotatable bonds is 8. The van der Waals surface area contributed by atoms with Gasteiger partial charge in [-0.1, -0.05) is 30.3 Å². The van der Waals surface area contributed by atoms with Gasteiger partial charge in [0.15, 0.2) is 9.84 Å². The van der Waals surface area contributed by atoms with Crippen LogP contribution in [0.4, 0.5) is 5.82 Å². The van der Waals surface area contributed by atoms with Crippen molar-refractivity contribution in [2.75, 3.05) is 11.6 Å². The third kappa shape index (κ3) is 6.52. The molecule has 1 unspecified atom stereocenters. The SMILES string of the molecule is CC(CC(=O)Nc1ccc(Br)cn1)(NC(=O)c1ccc(-c2ccccc2S(C)(=O)=O)cc1)C(=O)O. The second-order valence-corrected chi connectivity index (χ2v) is 10.9. The molecule has 0 aliphatic carbocycles. The van der Waals surface area contributed by atoms with Crippen molar-refractivity contribution in [3.8, 4) is 11.1 Å². The maximum absolute atomic E-state index is 12.8. The number of nitrogens with zero attached hydrogens (tertiary/aromatic N) is 1. The van der Waals surface area contributed by atoms with Crippen LogP contribution in [0.5, 0.6) is 0 Å². The normalized spacial score (nSPS) is 12.9. The molecule has 3 rings (SSSR count). The van der Waals surface area contributed by atoms with E-state index in [1.807, 2.05) is 0 Å². The van der Waals surface area contributed by atoms with E-state index < -0.39 is 39.6 Å². The van der Waals surface area contributed by atoms with E-state index in [4.69, 9.17) is 0 Å². The number of anilines is 1. The molecule has 0 fully saturated rings. The number of amides is 2.